The number of fused-ring (bicyclic) bond motifs is 1. The van der Waals surface area contributed by atoms with E-state index in [0.29, 0.717) is 28.7 Å². The summed E-state index contributed by atoms with van der Waals surface area (Å²) in [5, 5.41) is 13.4. The van der Waals surface area contributed by atoms with Gasteiger partial charge in [0.1, 0.15) is 29.2 Å². The lowest BCUT2D eigenvalue weighted by atomic mass is 9.72. The Morgan fingerprint density at radius 2 is 1.91 bits per heavy atom. The van der Waals surface area contributed by atoms with Gasteiger partial charge in [-0.2, -0.15) is 5.26 Å². The number of anilines is 1. The van der Waals surface area contributed by atoms with Gasteiger partial charge in [-0.15, -0.1) is 11.3 Å². The van der Waals surface area contributed by atoms with Gasteiger partial charge in [-0.1, -0.05) is 39.0 Å². The Balaban J connectivity index is 1.42. The topological polar surface area (TPSA) is 71.3 Å². The number of nitriles is 1. The Morgan fingerprint density at radius 1 is 1.18 bits per heavy atom. The number of nitrogens with one attached hydrogen (secondary N) is 1. The molecule has 0 bridgehead atoms. The summed E-state index contributed by atoms with van der Waals surface area (Å²) < 4.78 is 11.0. The third-order valence-electron chi connectivity index (χ3n) is 6.49. The summed E-state index contributed by atoms with van der Waals surface area (Å²) in [4.78, 5) is 14.2. The van der Waals surface area contributed by atoms with Crippen LogP contribution in [0.1, 0.15) is 59.1 Å². The first-order valence-electron chi connectivity index (χ1n) is 11.5. The van der Waals surface area contributed by atoms with Crippen molar-refractivity contribution in [2.75, 3.05) is 12.4 Å². The van der Waals surface area contributed by atoms with Crippen molar-refractivity contribution in [1.82, 2.24) is 0 Å². The van der Waals surface area contributed by atoms with Crippen LogP contribution in [0.15, 0.2) is 48.5 Å². The van der Waals surface area contributed by atoms with Crippen LogP contribution in [-0.4, -0.2) is 13.0 Å². The van der Waals surface area contributed by atoms with Crippen LogP contribution in [0.3, 0.4) is 0 Å². The van der Waals surface area contributed by atoms with Crippen LogP contribution < -0.4 is 14.8 Å². The molecule has 1 N–H and O–H groups in total. The van der Waals surface area contributed by atoms with E-state index in [1.54, 1.807) is 30.6 Å². The average Bonchev–Trinajstić information content (AvgIpc) is 3.18. The number of rotatable bonds is 6. The summed E-state index contributed by atoms with van der Waals surface area (Å²) in [6.07, 6.45) is 2.94. The lowest BCUT2D eigenvalue weighted by molar-refractivity contribution is 0.102. The fourth-order valence-corrected chi connectivity index (χ4v) is 5.59. The van der Waals surface area contributed by atoms with E-state index in [1.165, 1.54) is 4.88 Å². The summed E-state index contributed by atoms with van der Waals surface area (Å²) in [5.41, 5.74) is 3.48. The predicted octanol–water partition coefficient (Wildman–Crippen LogP) is 6.61. The molecule has 6 heteroatoms. The number of hydrogen-bond acceptors (Lipinski definition) is 5. The maximum absolute atomic E-state index is 12.9. The van der Waals surface area contributed by atoms with Gasteiger partial charge in [0.25, 0.3) is 5.91 Å². The number of carbonyl (C=O) groups excluding carboxylic acids is 1. The van der Waals surface area contributed by atoms with Gasteiger partial charge in [0.05, 0.1) is 12.7 Å². The molecule has 1 aromatic heterocycles. The minimum Gasteiger partial charge on any atom is -0.497 e. The summed E-state index contributed by atoms with van der Waals surface area (Å²) in [5.74, 6) is 1.84. The Kier molecular flexibility index (Phi) is 6.95. The lowest BCUT2D eigenvalue weighted by Gasteiger charge is -2.33. The van der Waals surface area contributed by atoms with Crippen molar-refractivity contribution in [3.8, 4) is 17.6 Å². The molecule has 0 saturated carbocycles. The molecule has 2 aromatic carbocycles. The van der Waals surface area contributed by atoms with E-state index in [2.05, 4.69) is 32.2 Å². The van der Waals surface area contributed by atoms with Crippen LogP contribution in [0.4, 0.5) is 5.00 Å². The molecule has 1 atom stereocenters. The summed E-state index contributed by atoms with van der Waals surface area (Å²) in [7, 11) is 1.62. The normalized spacial score (nSPS) is 15.2. The Hall–Kier alpha value is -3.30. The van der Waals surface area contributed by atoms with Crippen molar-refractivity contribution in [2.45, 2.75) is 46.6 Å². The van der Waals surface area contributed by atoms with Gasteiger partial charge >= 0.3 is 0 Å². The highest BCUT2D eigenvalue weighted by Gasteiger charge is 2.32. The quantitative estimate of drug-likeness (QED) is 0.436. The van der Waals surface area contributed by atoms with Crippen molar-refractivity contribution in [2.24, 2.45) is 11.3 Å². The Morgan fingerprint density at radius 3 is 2.59 bits per heavy atom. The van der Waals surface area contributed by atoms with Crippen LogP contribution in [0.2, 0.25) is 0 Å². The molecule has 1 heterocycles. The Labute approximate surface area is 205 Å². The lowest BCUT2D eigenvalue weighted by Crippen LogP contribution is -2.26. The molecule has 0 aliphatic heterocycles. The van der Waals surface area contributed by atoms with Crippen molar-refractivity contribution < 1.29 is 14.3 Å². The smallest absolute Gasteiger partial charge is 0.256 e. The van der Waals surface area contributed by atoms with E-state index < -0.39 is 0 Å². The molecule has 1 amide bonds. The number of ether oxygens (including phenoxy) is 2. The summed E-state index contributed by atoms with van der Waals surface area (Å²) >= 11 is 1.56. The maximum atomic E-state index is 12.9. The fraction of sp³-hybridized carbons (Fsp3) is 0.357. The number of amides is 1. The molecule has 34 heavy (non-hydrogen) atoms. The number of benzene rings is 2. The van der Waals surface area contributed by atoms with E-state index >= 15 is 0 Å². The molecule has 0 saturated heterocycles. The molecule has 4 rings (SSSR count). The minimum atomic E-state index is -0.206. The zero-order valence-corrected chi connectivity index (χ0v) is 20.9. The second kappa shape index (κ2) is 9.90. The molecule has 176 valence electrons. The highest BCUT2D eigenvalue weighted by molar-refractivity contribution is 7.16. The number of thiophene rings is 1. The van der Waals surface area contributed by atoms with E-state index in [0.717, 1.165) is 41.9 Å². The molecular weight excluding hydrogens is 444 g/mol. The molecule has 1 aliphatic carbocycles. The average molecular weight is 475 g/mol. The van der Waals surface area contributed by atoms with Crippen LogP contribution >= 0.6 is 11.3 Å². The maximum Gasteiger partial charge on any atom is 0.256 e. The fourth-order valence-electron chi connectivity index (χ4n) is 4.32. The standard InChI is InChI=1S/C28H30N2O3S/c1-28(2,3)20-12-13-23-24(16-29)27(34-25(23)14-20)30-26(31)19-10-8-18(9-11-19)17-33-22-7-5-6-21(15-22)32-4/h5-11,15,20H,12-14,17H2,1-4H3,(H,30,31). The molecule has 1 unspecified atom stereocenters. The van der Waals surface area contributed by atoms with E-state index in [9.17, 15) is 10.1 Å². The van der Waals surface area contributed by atoms with Crippen LogP contribution in [0.5, 0.6) is 11.5 Å². The molecule has 0 fully saturated rings. The van der Waals surface area contributed by atoms with Gasteiger partial charge in [-0.3, -0.25) is 4.79 Å². The molecule has 1 aliphatic rings. The van der Waals surface area contributed by atoms with Gasteiger partial charge in [0.15, 0.2) is 0 Å². The molecule has 5 nitrogen and oxygen atoms in total. The second-order valence-corrected chi connectivity index (χ2v) is 10.8. The third kappa shape index (κ3) is 5.26. The minimum absolute atomic E-state index is 0.206. The van der Waals surface area contributed by atoms with Crippen molar-refractivity contribution in [3.63, 3.8) is 0 Å². The first kappa shape index (κ1) is 23.8. The first-order chi connectivity index (χ1) is 16.3. The number of carbonyl (C=O) groups is 1. The van der Waals surface area contributed by atoms with Gasteiger partial charge in [-0.25, -0.2) is 0 Å². The van der Waals surface area contributed by atoms with Crippen LogP contribution in [0.25, 0.3) is 0 Å². The molecular formula is C28H30N2O3S. The number of nitrogens with zero attached hydrogens (tertiary/aromatic N) is 1. The largest absolute Gasteiger partial charge is 0.497 e. The van der Waals surface area contributed by atoms with E-state index in [1.807, 2.05) is 36.4 Å². The predicted molar refractivity (Wildman–Crippen MR) is 136 cm³/mol. The van der Waals surface area contributed by atoms with Crippen molar-refractivity contribution in [1.29, 1.82) is 5.26 Å². The number of methoxy groups -OCH3 is 1. The van der Waals surface area contributed by atoms with Crippen LogP contribution in [-0.2, 0) is 19.4 Å². The van der Waals surface area contributed by atoms with E-state index in [-0.39, 0.29) is 11.3 Å². The van der Waals surface area contributed by atoms with E-state index in [4.69, 9.17) is 9.47 Å². The zero-order chi connectivity index (χ0) is 24.3. The van der Waals surface area contributed by atoms with Crippen LogP contribution in [0, 0.1) is 22.7 Å². The monoisotopic (exact) mass is 474 g/mol. The Bertz CT molecular complexity index is 1220. The summed E-state index contributed by atoms with van der Waals surface area (Å²) in [6, 6.07) is 17.1. The van der Waals surface area contributed by atoms with Crippen molar-refractivity contribution in [3.05, 3.63) is 75.7 Å². The van der Waals surface area contributed by atoms with Gasteiger partial charge in [0, 0.05) is 16.5 Å². The second-order valence-electron chi connectivity index (χ2n) is 9.74. The highest BCUT2D eigenvalue weighted by atomic mass is 32.1. The molecule has 0 radical (unpaired) electrons. The highest BCUT2D eigenvalue weighted by Crippen LogP contribution is 2.44. The van der Waals surface area contributed by atoms with Gasteiger partial charge in [-0.05, 0) is 66.0 Å². The molecule has 0 spiro atoms. The molecule has 3 aromatic rings. The third-order valence-corrected chi connectivity index (χ3v) is 7.66. The van der Waals surface area contributed by atoms with Crippen molar-refractivity contribution >= 4 is 22.2 Å². The SMILES string of the molecule is COc1cccc(OCc2ccc(C(=O)Nc3sc4c(c3C#N)CCC(C(C)(C)C)C4)cc2)c1. The number of hydrogen-bond donors (Lipinski definition) is 1. The van der Waals surface area contributed by atoms with Gasteiger partial charge in [0.2, 0.25) is 0 Å². The summed E-state index contributed by atoms with van der Waals surface area (Å²) in [6.45, 7) is 7.21. The first-order valence-corrected chi connectivity index (χ1v) is 12.3. The van der Waals surface area contributed by atoms with Gasteiger partial charge < -0.3 is 14.8 Å². The zero-order valence-electron chi connectivity index (χ0n) is 20.1.